The van der Waals surface area contributed by atoms with Gasteiger partial charge in [0, 0.05) is 31.3 Å². The zero-order valence-corrected chi connectivity index (χ0v) is 20.2. The minimum absolute atomic E-state index is 0.0430. The molecule has 1 saturated heterocycles. The Hall–Kier alpha value is -1.45. The molecule has 2 unspecified atom stereocenters. The molecule has 31 heavy (non-hydrogen) atoms. The van der Waals surface area contributed by atoms with Crippen LogP contribution in [-0.2, 0) is 9.53 Å². The first-order valence-corrected chi connectivity index (χ1v) is 12.5. The lowest BCUT2D eigenvalue weighted by Gasteiger charge is -2.25. The monoisotopic (exact) mass is 454 g/mol. The van der Waals surface area contributed by atoms with Gasteiger partial charge in [-0.1, -0.05) is 57.5 Å². The Kier molecular flexibility index (Phi) is 11.5. The number of unbranched alkanes of at least 4 members (excludes halogenated alkanes) is 1. The molecule has 0 bridgehead atoms. The first-order chi connectivity index (χ1) is 14.9. The van der Waals surface area contributed by atoms with Crippen LogP contribution in [0.5, 0.6) is 0 Å². The van der Waals surface area contributed by atoms with E-state index < -0.39 is 6.04 Å². The number of ether oxygens (including phenoxy) is 1. The molecular formula is C22H38N4O4S. The van der Waals surface area contributed by atoms with Crippen molar-refractivity contribution in [3.05, 3.63) is 5.82 Å². The third kappa shape index (κ3) is 8.90. The SMILES string of the molecule is CCCCC(CC)C(=O)NC(CC(C)C)C(=O)c1noc(SCCN2CCOCC2)n1. The van der Waals surface area contributed by atoms with Crippen LogP contribution in [-0.4, -0.2) is 71.4 Å². The van der Waals surface area contributed by atoms with Gasteiger partial charge in [0.2, 0.25) is 17.5 Å². The molecule has 1 amide bonds. The van der Waals surface area contributed by atoms with Crippen LogP contribution in [0.15, 0.2) is 9.75 Å². The Morgan fingerprint density at radius 3 is 2.61 bits per heavy atom. The quantitative estimate of drug-likeness (QED) is 0.337. The van der Waals surface area contributed by atoms with Gasteiger partial charge in [-0.15, -0.1) is 0 Å². The van der Waals surface area contributed by atoms with E-state index in [-0.39, 0.29) is 29.4 Å². The van der Waals surface area contributed by atoms with Crippen molar-refractivity contribution in [1.29, 1.82) is 0 Å². The van der Waals surface area contributed by atoms with Gasteiger partial charge in [-0.25, -0.2) is 0 Å². The normalized spacial score (nSPS) is 16.9. The predicted octanol–water partition coefficient (Wildman–Crippen LogP) is 3.42. The van der Waals surface area contributed by atoms with E-state index in [2.05, 4.69) is 27.3 Å². The molecular weight excluding hydrogens is 416 g/mol. The van der Waals surface area contributed by atoms with Crippen molar-refractivity contribution >= 4 is 23.5 Å². The van der Waals surface area contributed by atoms with E-state index in [0.29, 0.717) is 11.6 Å². The van der Waals surface area contributed by atoms with Crippen LogP contribution >= 0.6 is 11.8 Å². The van der Waals surface area contributed by atoms with Crippen LogP contribution in [0.2, 0.25) is 0 Å². The van der Waals surface area contributed by atoms with Crippen molar-refractivity contribution in [2.75, 3.05) is 38.6 Å². The van der Waals surface area contributed by atoms with Crippen LogP contribution in [0.3, 0.4) is 0 Å². The molecule has 1 aromatic heterocycles. The lowest BCUT2D eigenvalue weighted by molar-refractivity contribution is -0.125. The van der Waals surface area contributed by atoms with Gasteiger partial charge in [-0.05, 0) is 25.2 Å². The van der Waals surface area contributed by atoms with E-state index in [1.54, 1.807) is 0 Å². The number of aromatic nitrogens is 2. The fourth-order valence-corrected chi connectivity index (χ4v) is 4.34. The van der Waals surface area contributed by atoms with Gasteiger partial charge in [0.15, 0.2) is 0 Å². The number of rotatable bonds is 14. The highest BCUT2D eigenvalue weighted by Crippen LogP contribution is 2.19. The van der Waals surface area contributed by atoms with E-state index in [1.807, 2.05) is 20.8 Å². The van der Waals surface area contributed by atoms with Crippen LogP contribution in [0.4, 0.5) is 0 Å². The average molecular weight is 455 g/mol. The summed E-state index contributed by atoms with van der Waals surface area (Å²) in [6, 6.07) is -0.632. The largest absolute Gasteiger partial charge is 0.379 e. The first-order valence-electron chi connectivity index (χ1n) is 11.6. The molecule has 9 heteroatoms. The molecule has 0 aliphatic carbocycles. The first kappa shape index (κ1) is 25.8. The Labute approximate surface area is 190 Å². The van der Waals surface area contributed by atoms with Gasteiger partial charge in [0.05, 0.1) is 19.3 Å². The molecule has 2 atom stereocenters. The Morgan fingerprint density at radius 1 is 1.23 bits per heavy atom. The number of morpholine rings is 1. The maximum absolute atomic E-state index is 13.0. The maximum Gasteiger partial charge on any atom is 0.286 e. The number of thioether (sulfide) groups is 1. The number of nitrogens with one attached hydrogen (secondary N) is 1. The number of carbonyl (C=O) groups excluding carboxylic acids is 2. The molecule has 0 saturated carbocycles. The van der Waals surface area contributed by atoms with Gasteiger partial charge in [-0.3, -0.25) is 14.5 Å². The third-order valence-corrected chi connectivity index (χ3v) is 6.27. The van der Waals surface area contributed by atoms with Gasteiger partial charge in [-0.2, -0.15) is 4.98 Å². The van der Waals surface area contributed by atoms with Crippen molar-refractivity contribution < 1.29 is 18.8 Å². The van der Waals surface area contributed by atoms with Crippen LogP contribution < -0.4 is 5.32 Å². The fourth-order valence-electron chi connectivity index (χ4n) is 3.57. The van der Waals surface area contributed by atoms with Gasteiger partial charge < -0.3 is 14.6 Å². The van der Waals surface area contributed by atoms with Gasteiger partial charge in [0.1, 0.15) is 0 Å². The van der Waals surface area contributed by atoms with Gasteiger partial charge in [0.25, 0.3) is 5.22 Å². The van der Waals surface area contributed by atoms with E-state index >= 15 is 0 Å². The molecule has 2 rings (SSSR count). The highest BCUT2D eigenvalue weighted by atomic mass is 32.2. The third-order valence-electron chi connectivity index (χ3n) is 5.47. The summed E-state index contributed by atoms with van der Waals surface area (Å²) < 4.78 is 10.6. The summed E-state index contributed by atoms with van der Waals surface area (Å²) in [4.78, 5) is 32.4. The molecule has 1 aromatic rings. The van der Waals surface area contributed by atoms with E-state index in [0.717, 1.165) is 64.3 Å². The number of ketones is 1. The smallest absolute Gasteiger partial charge is 0.286 e. The number of amides is 1. The topological polar surface area (TPSA) is 97.6 Å². The highest BCUT2D eigenvalue weighted by Gasteiger charge is 2.29. The number of hydrogen-bond acceptors (Lipinski definition) is 8. The van der Waals surface area contributed by atoms with Crippen molar-refractivity contribution in [2.45, 2.75) is 71.1 Å². The number of Topliss-reactive ketones (excluding diaryl/α,β-unsaturated/α-hetero) is 1. The minimum Gasteiger partial charge on any atom is -0.379 e. The second kappa shape index (κ2) is 13.9. The van der Waals surface area contributed by atoms with E-state index in [9.17, 15) is 9.59 Å². The zero-order chi connectivity index (χ0) is 22.6. The van der Waals surface area contributed by atoms with E-state index in [4.69, 9.17) is 9.26 Å². The van der Waals surface area contributed by atoms with Crippen molar-refractivity contribution in [2.24, 2.45) is 11.8 Å². The second-order valence-corrected chi connectivity index (χ2v) is 9.53. The van der Waals surface area contributed by atoms with Crippen LogP contribution in [0.1, 0.15) is 70.4 Å². The molecule has 0 spiro atoms. The fraction of sp³-hybridized carbons (Fsp3) is 0.818. The summed E-state index contributed by atoms with van der Waals surface area (Å²) in [5.41, 5.74) is 0. The second-order valence-electron chi connectivity index (χ2n) is 8.49. The summed E-state index contributed by atoms with van der Waals surface area (Å²) in [6.07, 6.45) is 4.20. The van der Waals surface area contributed by atoms with Crippen molar-refractivity contribution in [1.82, 2.24) is 20.4 Å². The summed E-state index contributed by atoms with van der Waals surface area (Å²) >= 11 is 1.45. The maximum atomic E-state index is 13.0. The lowest BCUT2D eigenvalue weighted by atomic mass is 9.95. The van der Waals surface area contributed by atoms with Crippen LogP contribution in [0.25, 0.3) is 0 Å². The van der Waals surface area contributed by atoms with Crippen molar-refractivity contribution in [3.63, 3.8) is 0 Å². The molecule has 1 aliphatic rings. The van der Waals surface area contributed by atoms with E-state index in [1.165, 1.54) is 11.8 Å². The molecule has 0 aromatic carbocycles. The molecule has 0 radical (unpaired) electrons. The number of hydrogen-bond donors (Lipinski definition) is 1. The Morgan fingerprint density at radius 2 is 1.97 bits per heavy atom. The standard InChI is InChI=1S/C22H38N4O4S/c1-5-7-8-17(6-2)21(28)23-18(15-16(3)4)19(27)20-24-22(30-25-20)31-14-11-26-9-12-29-13-10-26/h16-18H,5-15H2,1-4H3,(H,23,28). The van der Waals surface area contributed by atoms with Crippen molar-refractivity contribution in [3.8, 4) is 0 Å². The summed E-state index contributed by atoms with van der Waals surface area (Å²) in [5, 5.41) is 7.25. The number of nitrogens with zero attached hydrogens (tertiary/aromatic N) is 3. The molecule has 8 nitrogen and oxygen atoms in total. The van der Waals surface area contributed by atoms with Crippen LogP contribution in [0, 0.1) is 11.8 Å². The Balaban J connectivity index is 1.93. The summed E-state index contributed by atoms with van der Waals surface area (Å²) in [7, 11) is 0. The summed E-state index contributed by atoms with van der Waals surface area (Å²) in [5.74, 6) is 0.687. The average Bonchev–Trinajstić information content (AvgIpc) is 3.22. The summed E-state index contributed by atoms with van der Waals surface area (Å²) in [6.45, 7) is 12.5. The number of carbonyl (C=O) groups is 2. The molecule has 1 N–H and O–H groups in total. The minimum atomic E-state index is -0.632. The molecule has 1 aliphatic heterocycles. The molecule has 2 heterocycles. The molecule has 176 valence electrons. The van der Waals surface area contributed by atoms with Gasteiger partial charge >= 0.3 is 0 Å². The highest BCUT2D eigenvalue weighted by molar-refractivity contribution is 7.99. The lowest BCUT2D eigenvalue weighted by Crippen LogP contribution is -2.44. The molecule has 1 fully saturated rings. The zero-order valence-electron chi connectivity index (χ0n) is 19.4. The predicted molar refractivity (Wildman–Crippen MR) is 121 cm³/mol. The Bertz CT molecular complexity index is 676.